The second-order valence-electron chi connectivity index (χ2n) is 3.24. The van der Waals surface area contributed by atoms with Gasteiger partial charge in [0, 0.05) is 12.6 Å². The first-order valence-electron chi connectivity index (χ1n) is 3.97. The molecule has 0 bridgehead atoms. The highest BCUT2D eigenvalue weighted by molar-refractivity contribution is 5.57. The normalized spacial score (nSPS) is 20.6. The zero-order chi connectivity index (χ0) is 7.56. The molecule has 0 radical (unpaired) electrons. The molecule has 0 aromatic heterocycles. The maximum absolute atomic E-state index is 4.17. The van der Waals surface area contributed by atoms with Gasteiger partial charge in [-0.3, -0.25) is 4.99 Å². The predicted molar refractivity (Wildman–Crippen MR) is 44.4 cm³/mol. The molecule has 0 fully saturated rings. The summed E-state index contributed by atoms with van der Waals surface area (Å²) in [5.41, 5.74) is 0. The summed E-state index contributed by atoms with van der Waals surface area (Å²) in [5.74, 6) is 0.726. The first-order valence-corrected chi connectivity index (χ1v) is 3.97. The molecule has 2 nitrogen and oxygen atoms in total. The molecule has 1 heterocycles. The van der Waals surface area contributed by atoms with E-state index in [1.54, 1.807) is 0 Å². The van der Waals surface area contributed by atoms with Crippen LogP contribution in [-0.4, -0.2) is 30.4 Å². The third-order valence-corrected chi connectivity index (χ3v) is 2.21. The second-order valence-corrected chi connectivity index (χ2v) is 3.24. The standard InChI is InChI=1S/C8H16N2/c1-7(2)8(3)10-5-4-9-6-10/h6-8H,4-5H2,1-3H3. The third kappa shape index (κ3) is 1.49. The largest absolute Gasteiger partial charge is 0.358 e. The highest BCUT2D eigenvalue weighted by atomic mass is 15.2. The number of aliphatic imine (C=N–C) groups is 1. The Balaban J connectivity index is 2.40. The van der Waals surface area contributed by atoms with Crippen LogP contribution in [0.5, 0.6) is 0 Å². The molecule has 1 aliphatic rings. The van der Waals surface area contributed by atoms with E-state index in [1.807, 2.05) is 6.34 Å². The van der Waals surface area contributed by atoms with Crippen molar-refractivity contribution in [2.75, 3.05) is 13.1 Å². The van der Waals surface area contributed by atoms with Crippen LogP contribution in [-0.2, 0) is 0 Å². The van der Waals surface area contributed by atoms with Gasteiger partial charge in [-0.15, -0.1) is 0 Å². The molecule has 2 heteroatoms. The summed E-state index contributed by atoms with van der Waals surface area (Å²) in [7, 11) is 0. The number of hydrogen-bond donors (Lipinski definition) is 0. The van der Waals surface area contributed by atoms with Gasteiger partial charge in [-0.25, -0.2) is 0 Å². The first-order chi connectivity index (χ1) is 4.72. The lowest BCUT2D eigenvalue weighted by Gasteiger charge is -2.26. The average molecular weight is 140 g/mol. The fraction of sp³-hybridized carbons (Fsp3) is 0.875. The van der Waals surface area contributed by atoms with Gasteiger partial charge < -0.3 is 4.90 Å². The Kier molecular flexibility index (Phi) is 2.30. The van der Waals surface area contributed by atoms with Crippen LogP contribution in [0.2, 0.25) is 0 Å². The molecule has 0 aromatic carbocycles. The van der Waals surface area contributed by atoms with Crippen molar-refractivity contribution in [3.63, 3.8) is 0 Å². The van der Waals surface area contributed by atoms with Crippen LogP contribution in [0.1, 0.15) is 20.8 Å². The maximum atomic E-state index is 4.17. The summed E-state index contributed by atoms with van der Waals surface area (Å²) in [6.45, 7) is 8.84. The zero-order valence-corrected chi connectivity index (χ0v) is 7.04. The predicted octanol–water partition coefficient (Wildman–Crippen LogP) is 1.37. The van der Waals surface area contributed by atoms with Gasteiger partial charge >= 0.3 is 0 Å². The van der Waals surface area contributed by atoms with Crippen molar-refractivity contribution >= 4 is 6.34 Å². The number of rotatable bonds is 2. The second kappa shape index (κ2) is 3.04. The highest BCUT2D eigenvalue weighted by Gasteiger charge is 2.15. The van der Waals surface area contributed by atoms with Gasteiger partial charge in [-0.2, -0.15) is 0 Å². The van der Waals surface area contributed by atoms with Gasteiger partial charge in [0.1, 0.15) is 0 Å². The molecule has 0 N–H and O–H groups in total. The number of nitrogens with zero attached hydrogens (tertiary/aromatic N) is 2. The van der Waals surface area contributed by atoms with Gasteiger partial charge in [0.25, 0.3) is 0 Å². The van der Waals surface area contributed by atoms with Crippen molar-refractivity contribution in [2.24, 2.45) is 10.9 Å². The lowest BCUT2D eigenvalue weighted by molar-refractivity contribution is 0.292. The molecule has 1 unspecified atom stereocenters. The molecule has 0 saturated heterocycles. The van der Waals surface area contributed by atoms with E-state index in [9.17, 15) is 0 Å². The van der Waals surface area contributed by atoms with Crippen molar-refractivity contribution in [3.8, 4) is 0 Å². The van der Waals surface area contributed by atoms with Gasteiger partial charge in [0.05, 0.1) is 12.9 Å². The SMILES string of the molecule is CC(C)C(C)N1C=NCC1. The Hall–Kier alpha value is -0.530. The van der Waals surface area contributed by atoms with Crippen LogP contribution in [0.25, 0.3) is 0 Å². The lowest BCUT2D eigenvalue weighted by Crippen LogP contribution is -2.34. The van der Waals surface area contributed by atoms with Crippen LogP contribution >= 0.6 is 0 Å². The van der Waals surface area contributed by atoms with Crippen LogP contribution < -0.4 is 0 Å². The zero-order valence-electron chi connectivity index (χ0n) is 7.04. The van der Waals surface area contributed by atoms with E-state index < -0.39 is 0 Å². The number of hydrogen-bond acceptors (Lipinski definition) is 2. The Bertz CT molecular complexity index is 129. The first kappa shape index (κ1) is 7.58. The summed E-state index contributed by atoms with van der Waals surface area (Å²) >= 11 is 0. The topological polar surface area (TPSA) is 15.6 Å². The van der Waals surface area contributed by atoms with Crippen LogP contribution in [0.4, 0.5) is 0 Å². The van der Waals surface area contributed by atoms with Crippen molar-refractivity contribution in [1.29, 1.82) is 0 Å². The van der Waals surface area contributed by atoms with Crippen LogP contribution in [0, 0.1) is 5.92 Å². The molecule has 58 valence electrons. The summed E-state index contributed by atoms with van der Waals surface area (Å²) in [6.07, 6.45) is 1.98. The third-order valence-electron chi connectivity index (χ3n) is 2.21. The van der Waals surface area contributed by atoms with Crippen molar-refractivity contribution < 1.29 is 0 Å². The van der Waals surface area contributed by atoms with Gasteiger partial charge in [-0.05, 0) is 12.8 Å². The Morgan fingerprint density at radius 2 is 2.10 bits per heavy atom. The van der Waals surface area contributed by atoms with Gasteiger partial charge in [-0.1, -0.05) is 13.8 Å². The van der Waals surface area contributed by atoms with Gasteiger partial charge in [0.2, 0.25) is 0 Å². The lowest BCUT2D eigenvalue weighted by atomic mass is 10.1. The van der Waals surface area contributed by atoms with E-state index in [1.165, 1.54) is 0 Å². The molecule has 0 saturated carbocycles. The molecular formula is C8H16N2. The Morgan fingerprint density at radius 1 is 1.40 bits per heavy atom. The average Bonchev–Trinajstić information content (AvgIpc) is 2.36. The minimum atomic E-state index is 0.645. The Labute approximate surface area is 62.9 Å². The van der Waals surface area contributed by atoms with E-state index in [-0.39, 0.29) is 0 Å². The molecule has 10 heavy (non-hydrogen) atoms. The summed E-state index contributed by atoms with van der Waals surface area (Å²) < 4.78 is 0. The quantitative estimate of drug-likeness (QED) is 0.565. The van der Waals surface area contributed by atoms with E-state index in [0.717, 1.165) is 19.0 Å². The molecule has 1 rings (SSSR count). The van der Waals surface area contributed by atoms with Crippen molar-refractivity contribution in [1.82, 2.24) is 4.90 Å². The van der Waals surface area contributed by atoms with E-state index in [4.69, 9.17) is 0 Å². The van der Waals surface area contributed by atoms with E-state index in [2.05, 4.69) is 30.7 Å². The minimum Gasteiger partial charge on any atom is -0.358 e. The molecule has 0 amide bonds. The summed E-state index contributed by atoms with van der Waals surface area (Å²) in [6, 6.07) is 0.645. The van der Waals surface area contributed by atoms with E-state index >= 15 is 0 Å². The molecular weight excluding hydrogens is 124 g/mol. The molecule has 0 aromatic rings. The monoisotopic (exact) mass is 140 g/mol. The van der Waals surface area contributed by atoms with Crippen molar-refractivity contribution in [2.45, 2.75) is 26.8 Å². The molecule has 0 spiro atoms. The molecule has 1 atom stereocenters. The minimum absolute atomic E-state index is 0.645. The summed E-state index contributed by atoms with van der Waals surface area (Å²) in [4.78, 5) is 6.48. The molecule has 0 aliphatic carbocycles. The van der Waals surface area contributed by atoms with E-state index in [0.29, 0.717) is 6.04 Å². The van der Waals surface area contributed by atoms with Gasteiger partial charge in [0.15, 0.2) is 0 Å². The smallest absolute Gasteiger partial charge is 0.0853 e. The maximum Gasteiger partial charge on any atom is 0.0853 e. The molecule has 1 aliphatic heterocycles. The summed E-state index contributed by atoms with van der Waals surface area (Å²) in [5, 5.41) is 0. The highest BCUT2D eigenvalue weighted by Crippen LogP contribution is 2.09. The fourth-order valence-electron chi connectivity index (χ4n) is 1.09. The van der Waals surface area contributed by atoms with Crippen LogP contribution in [0.3, 0.4) is 0 Å². The van der Waals surface area contributed by atoms with Crippen LogP contribution in [0.15, 0.2) is 4.99 Å². The Morgan fingerprint density at radius 3 is 2.50 bits per heavy atom. The van der Waals surface area contributed by atoms with Crippen molar-refractivity contribution in [3.05, 3.63) is 0 Å². The fourth-order valence-corrected chi connectivity index (χ4v) is 1.09.